The molecule has 7 nitrogen and oxygen atoms in total. The highest BCUT2D eigenvalue weighted by Crippen LogP contribution is 2.35. The molecule has 0 atom stereocenters. The summed E-state index contributed by atoms with van der Waals surface area (Å²) in [6, 6.07) is 17.0. The zero-order valence-corrected chi connectivity index (χ0v) is 23.8. The predicted octanol–water partition coefficient (Wildman–Crippen LogP) is 7.05. The second-order valence-electron chi connectivity index (χ2n) is 10.1. The number of pyridine rings is 2. The molecule has 0 amide bonds. The van der Waals surface area contributed by atoms with Gasteiger partial charge in [0.25, 0.3) is 0 Å². The fourth-order valence-corrected chi connectivity index (χ4v) is 6.09. The summed E-state index contributed by atoms with van der Waals surface area (Å²) >= 11 is 2.32. The van der Waals surface area contributed by atoms with Crippen LogP contribution in [0.25, 0.3) is 55.6 Å². The number of nitrogens with one attached hydrogen (secondary N) is 2. The van der Waals surface area contributed by atoms with Gasteiger partial charge in [0.1, 0.15) is 23.9 Å². The van der Waals surface area contributed by atoms with Crippen molar-refractivity contribution in [2.24, 2.45) is 0 Å². The van der Waals surface area contributed by atoms with Crippen LogP contribution in [0.15, 0.2) is 73.2 Å². The maximum atomic E-state index is 14.6. The highest BCUT2D eigenvalue weighted by Gasteiger charge is 2.17. The van der Waals surface area contributed by atoms with Crippen molar-refractivity contribution in [2.75, 3.05) is 26.2 Å². The van der Waals surface area contributed by atoms with Crippen LogP contribution in [0.2, 0.25) is 0 Å². The van der Waals surface area contributed by atoms with E-state index in [1.54, 1.807) is 24.5 Å². The third-order valence-electron chi connectivity index (χ3n) is 7.45. The van der Waals surface area contributed by atoms with Gasteiger partial charge < -0.3 is 9.72 Å². The molecule has 2 aromatic carbocycles. The Hall–Kier alpha value is -3.83. The van der Waals surface area contributed by atoms with Gasteiger partial charge >= 0.3 is 0 Å². The first-order valence-electron chi connectivity index (χ1n) is 13.3. The van der Waals surface area contributed by atoms with Crippen LogP contribution in [-0.4, -0.2) is 56.3 Å². The number of aromatic amines is 2. The first-order valence-corrected chi connectivity index (χ1v) is 14.4. The number of hydrogen-bond donors (Lipinski definition) is 2. The van der Waals surface area contributed by atoms with E-state index in [-0.39, 0.29) is 5.82 Å². The van der Waals surface area contributed by atoms with Crippen molar-refractivity contribution in [1.29, 1.82) is 0 Å². The number of rotatable bonds is 7. The molecule has 1 aliphatic heterocycles. The van der Waals surface area contributed by atoms with Crippen molar-refractivity contribution in [3.8, 4) is 39.5 Å². The molecule has 1 fully saturated rings. The number of H-pyrrole nitrogens is 2. The first kappa shape index (κ1) is 25.2. The van der Waals surface area contributed by atoms with Gasteiger partial charge in [0.05, 0.1) is 34.8 Å². The summed E-state index contributed by atoms with van der Waals surface area (Å²) in [5, 5.41) is 9.53. The van der Waals surface area contributed by atoms with E-state index in [1.165, 1.54) is 18.9 Å². The summed E-state index contributed by atoms with van der Waals surface area (Å²) < 4.78 is 21.8. The molecule has 2 N–H and O–H groups in total. The molecule has 0 spiro atoms. The van der Waals surface area contributed by atoms with Crippen LogP contribution in [0.4, 0.5) is 4.39 Å². The third-order valence-corrected chi connectivity index (χ3v) is 8.08. The number of halogens is 2. The molecule has 5 heterocycles. The fourth-order valence-electron chi connectivity index (χ4n) is 5.45. The molecule has 7 rings (SSSR count). The van der Waals surface area contributed by atoms with Gasteiger partial charge in [-0.1, -0.05) is 18.2 Å². The molecule has 0 aliphatic carbocycles. The Balaban J connectivity index is 1.23. The van der Waals surface area contributed by atoms with E-state index in [1.807, 2.05) is 18.3 Å². The summed E-state index contributed by atoms with van der Waals surface area (Å²) in [6.07, 6.45) is 7.82. The van der Waals surface area contributed by atoms with Gasteiger partial charge in [0, 0.05) is 43.8 Å². The van der Waals surface area contributed by atoms with Crippen LogP contribution in [0.5, 0.6) is 5.75 Å². The van der Waals surface area contributed by atoms with E-state index in [0.717, 1.165) is 79.0 Å². The predicted molar refractivity (Wildman–Crippen MR) is 164 cm³/mol. The zero-order chi connectivity index (χ0) is 27.1. The molecular formula is C31H26FIN6O. The lowest BCUT2D eigenvalue weighted by molar-refractivity contribution is 0.238. The van der Waals surface area contributed by atoms with Gasteiger partial charge in [-0.2, -0.15) is 5.10 Å². The Labute approximate surface area is 243 Å². The molecule has 4 aromatic heterocycles. The number of hydrogen-bond acceptors (Lipinski definition) is 5. The Bertz CT molecular complexity index is 1840. The Morgan fingerprint density at radius 3 is 2.67 bits per heavy atom. The number of fused-ring (bicyclic) bond motifs is 2. The molecule has 0 bridgehead atoms. The minimum absolute atomic E-state index is 0.280. The summed E-state index contributed by atoms with van der Waals surface area (Å²) in [6.45, 7) is 3.94. The van der Waals surface area contributed by atoms with E-state index >= 15 is 0 Å². The van der Waals surface area contributed by atoms with E-state index in [0.29, 0.717) is 12.2 Å². The smallest absolute Gasteiger partial charge is 0.131 e. The van der Waals surface area contributed by atoms with Crippen LogP contribution in [0, 0.1) is 9.39 Å². The largest absolute Gasteiger partial charge is 0.492 e. The van der Waals surface area contributed by atoms with Crippen molar-refractivity contribution in [1.82, 2.24) is 30.0 Å². The number of aromatic nitrogens is 5. The molecular weight excluding hydrogens is 618 g/mol. The molecule has 9 heteroatoms. The van der Waals surface area contributed by atoms with E-state index < -0.39 is 0 Å². The Kier molecular flexibility index (Phi) is 6.68. The third kappa shape index (κ3) is 4.84. The van der Waals surface area contributed by atoms with Crippen LogP contribution < -0.4 is 4.74 Å². The van der Waals surface area contributed by atoms with Gasteiger partial charge in [-0.3, -0.25) is 20.0 Å². The number of nitrogens with zero attached hydrogens (tertiary/aromatic N) is 4. The maximum absolute atomic E-state index is 14.6. The monoisotopic (exact) mass is 644 g/mol. The van der Waals surface area contributed by atoms with Crippen molar-refractivity contribution < 1.29 is 9.13 Å². The average molecular weight is 644 g/mol. The summed E-state index contributed by atoms with van der Waals surface area (Å²) in [5.41, 5.74) is 6.30. The van der Waals surface area contributed by atoms with Crippen molar-refractivity contribution in [3.05, 3.63) is 82.6 Å². The average Bonchev–Trinajstić information content (AvgIpc) is 3.72. The Morgan fingerprint density at radius 1 is 0.925 bits per heavy atom. The van der Waals surface area contributed by atoms with Gasteiger partial charge in [-0.05, 0) is 84.9 Å². The second-order valence-corrected chi connectivity index (χ2v) is 11.3. The molecule has 1 aliphatic rings. The van der Waals surface area contributed by atoms with E-state index in [9.17, 15) is 4.39 Å². The molecule has 1 saturated heterocycles. The summed E-state index contributed by atoms with van der Waals surface area (Å²) in [5.74, 6) is 0.566. The summed E-state index contributed by atoms with van der Waals surface area (Å²) in [4.78, 5) is 14.9. The number of ether oxygens (including phenoxy) is 1. The highest BCUT2D eigenvalue weighted by atomic mass is 127. The number of likely N-dealkylation sites (tertiary alicyclic amines) is 1. The van der Waals surface area contributed by atoms with Gasteiger partial charge in [0.15, 0.2) is 0 Å². The lowest BCUT2D eigenvalue weighted by Gasteiger charge is -2.15. The molecule has 0 radical (unpaired) electrons. The zero-order valence-electron chi connectivity index (χ0n) is 21.6. The molecule has 40 heavy (non-hydrogen) atoms. The molecule has 0 saturated carbocycles. The van der Waals surface area contributed by atoms with E-state index in [2.05, 4.69) is 71.9 Å². The summed E-state index contributed by atoms with van der Waals surface area (Å²) in [7, 11) is 0. The minimum atomic E-state index is -0.280. The van der Waals surface area contributed by atoms with Crippen LogP contribution in [-0.2, 0) is 0 Å². The van der Waals surface area contributed by atoms with E-state index in [4.69, 9.17) is 9.72 Å². The lowest BCUT2D eigenvalue weighted by Crippen LogP contribution is -2.25. The van der Waals surface area contributed by atoms with Gasteiger partial charge in [-0.15, -0.1) is 0 Å². The standard InChI is InChI=1S/C31H26FIN6O/c32-26-6-2-1-5-22(26)25-16-34-17-29-23(25)14-28(36-29)31-24-15-27(35-18-30(24)37-38-31)19-11-20(33)13-21(12-19)40-10-9-39-7-3-4-8-39/h1-2,5-6,11-18,36H,3-4,7-10H2,(H,37,38). The van der Waals surface area contributed by atoms with Crippen LogP contribution >= 0.6 is 22.6 Å². The molecule has 0 unspecified atom stereocenters. The van der Waals surface area contributed by atoms with Crippen molar-refractivity contribution >= 4 is 44.4 Å². The highest BCUT2D eigenvalue weighted by molar-refractivity contribution is 14.1. The van der Waals surface area contributed by atoms with Crippen molar-refractivity contribution in [3.63, 3.8) is 0 Å². The maximum Gasteiger partial charge on any atom is 0.131 e. The van der Waals surface area contributed by atoms with Gasteiger partial charge in [-0.25, -0.2) is 4.39 Å². The normalized spacial score (nSPS) is 13.9. The van der Waals surface area contributed by atoms with Crippen LogP contribution in [0.1, 0.15) is 12.8 Å². The van der Waals surface area contributed by atoms with Crippen LogP contribution in [0.3, 0.4) is 0 Å². The lowest BCUT2D eigenvalue weighted by atomic mass is 10.0. The fraction of sp³-hybridized carbons (Fsp3) is 0.194. The van der Waals surface area contributed by atoms with Gasteiger partial charge in [0.2, 0.25) is 0 Å². The molecule has 6 aromatic rings. The minimum Gasteiger partial charge on any atom is -0.492 e. The van der Waals surface area contributed by atoms with Crippen molar-refractivity contribution in [2.45, 2.75) is 12.8 Å². The first-order chi connectivity index (χ1) is 19.6. The SMILES string of the molecule is Fc1ccccc1-c1cncc2[nH]c(-c3n[nH]c4cnc(-c5cc(I)cc(OCCN6CCCC6)c5)cc34)cc12. The topological polar surface area (TPSA) is 82.7 Å². The Morgan fingerprint density at radius 2 is 1.80 bits per heavy atom. The quantitative estimate of drug-likeness (QED) is 0.182. The molecule has 200 valence electrons. The second kappa shape index (κ2) is 10.6. The number of benzene rings is 2.